The first-order chi connectivity index (χ1) is 14.5. The summed E-state index contributed by atoms with van der Waals surface area (Å²) in [5, 5.41) is 5.02. The van der Waals surface area contributed by atoms with Gasteiger partial charge >= 0.3 is 0 Å². The monoisotopic (exact) mass is 445 g/mol. The van der Waals surface area contributed by atoms with Crippen LogP contribution in [-0.4, -0.2) is 42.4 Å². The molecule has 7 nitrogen and oxygen atoms in total. The summed E-state index contributed by atoms with van der Waals surface area (Å²) >= 11 is 7.53. The second-order valence-corrected chi connectivity index (χ2v) is 7.45. The molecule has 0 radical (unpaired) electrons. The number of hydrogen-bond acceptors (Lipinski definition) is 6. The number of ether oxygens (including phenoxy) is 2. The highest BCUT2D eigenvalue weighted by Crippen LogP contribution is 2.29. The van der Waals surface area contributed by atoms with Crippen LogP contribution in [0.5, 0.6) is 11.5 Å². The Kier molecular flexibility index (Phi) is 7.26. The third-order valence-corrected chi connectivity index (χ3v) is 5.11. The maximum absolute atomic E-state index is 12.7. The molecule has 3 rings (SSSR count). The van der Waals surface area contributed by atoms with E-state index in [1.807, 2.05) is 5.38 Å². The number of halogens is 1. The van der Waals surface area contributed by atoms with Crippen molar-refractivity contribution < 1.29 is 19.1 Å². The Morgan fingerprint density at radius 1 is 1.20 bits per heavy atom. The van der Waals surface area contributed by atoms with Crippen LogP contribution in [0.4, 0.5) is 5.69 Å². The molecule has 9 heteroatoms. The van der Waals surface area contributed by atoms with Gasteiger partial charge < -0.3 is 19.7 Å². The fourth-order valence-corrected chi connectivity index (χ4v) is 3.37. The molecule has 1 aromatic heterocycles. The number of hydrogen-bond donors (Lipinski definition) is 1. The Bertz CT molecular complexity index is 1030. The normalized spacial score (nSPS) is 10.4. The first-order valence-electron chi connectivity index (χ1n) is 8.95. The van der Waals surface area contributed by atoms with Crippen LogP contribution in [0.3, 0.4) is 0 Å². The summed E-state index contributed by atoms with van der Waals surface area (Å²) in [5.74, 6) is 0.244. The number of para-hydroxylation sites is 1. The summed E-state index contributed by atoms with van der Waals surface area (Å²) in [6.07, 6.45) is 0. The minimum Gasteiger partial charge on any atom is -0.493 e. The number of likely N-dealkylation sites (N-methyl/N-ethyl adjacent to an activating group) is 1. The molecule has 3 aromatic rings. The van der Waals surface area contributed by atoms with Crippen molar-refractivity contribution in [2.75, 3.05) is 26.0 Å². The molecule has 0 spiro atoms. The molecule has 0 bridgehead atoms. The zero-order chi connectivity index (χ0) is 21.5. The van der Waals surface area contributed by atoms with E-state index in [0.29, 0.717) is 34.4 Å². The van der Waals surface area contributed by atoms with E-state index in [1.54, 1.807) is 55.0 Å². The Labute approximate surface area is 183 Å². The minimum atomic E-state index is -0.353. The highest BCUT2D eigenvalue weighted by Gasteiger charge is 2.18. The van der Waals surface area contributed by atoms with Gasteiger partial charge in [0.15, 0.2) is 11.5 Å². The molecule has 0 aliphatic heterocycles. The standard InChI is InChI=1S/C21H20ClN3O4S/c1-25(10-20(26)24-17-6-4-3-5-16(17)22)21(27)14-7-8-18(19(9-14)28-2)29-11-15-12-30-13-23-15/h3-9,12-13H,10-11H2,1-2H3,(H,24,26). The Morgan fingerprint density at radius 2 is 2.00 bits per heavy atom. The zero-order valence-corrected chi connectivity index (χ0v) is 18.0. The van der Waals surface area contributed by atoms with E-state index in [9.17, 15) is 9.59 Å². The third kappa shape index (κ3) is 5.49. The summed E-state index contributed by atoms with van der Waals surface area (Å²) in [6.45, 7) is 0.170. The second kappa shape index (κ2) is 10.1. The number of methoxy groups -OCH3 is 1. The first-order valence-corrected chi connectivity index (χ1v) is 10.3. The molecule has 0 saturated heterocycles. The molecule has 2 amide bonds. The predicted octanol–water partition coefficient (Wildman–Crippen LogP) is 4.09. The fourth-order valence-electron chi connectivity index (χ4n) is 2.64. The highest BCUT2D eigenvalue weighted by molar-refractivity contribution is 7.07. The average Bonchev–Trinajstić information content (AvgIpc) is 3.26. The molecule has 0 aliphatic carbocycles. The quantitative estimate of drug-likeness (QED) is 0.564. The van der Waals surface area contributed by atoms with Gasteiger partial charge in [0.1, 0.15) is 6.61 Å². The first kappa shape index (κ1) is 21.6. The van der Waals surface area contributed by atoms with Gasteiger partial charge in [0.25, 0.3) is 5.91 Å². The third-order valence-electron chi connectivity index (χ3n) is 4.15. The van der Waals surface area contributed by atoms with E-state index in [2.05, 4.69) is 10.3 Å². The summed E-state index contributed by atoms with van der Waals surface area (Å²) in [4.78, 5) is 30.5. The number of amides is 2. The summed E-state index contributed by atoms with van der Waals surface area (Å²) < 4.78 is 11.1. The number of aromatic nitrogens is 1. The molecule has 2 aromatic carbocycles. The van der Waals surface area contributed by atoms with E-state index in [0.717, 1.165) is 5.69 Å². The van der Waals surface area contributed by atoms with Gasteiger partial charge in [-0.25, -0.2) is 4.98 Å². The highest BCUT2D eigenvalue weighted by atomic mass is 35.5. The summed E-state index contributed by atoms with van der Waals surface area (Å²) in [7, 11) is 3.05. The van der Waals surface area contributed by atoms with Crippen LogP contribution < -0.4 is 14.8 Å². The maximum atomic E-state index is 12.7. The van der Waals surface area contributed by atoms with Crippen LogP contribution in [0.2, 0.25) is 5.02 Å². The van der Waals surface area contributed by atoms with Gasteiger partial charge in [0.2, 0.25) is 5.91 Å². The lowest BCUT2D eigenvalue weighted by Gasteiger charge is -2.18. The largest absolute Gasteiger partial charge is 0.493 e. The number of nitrogens with zero attached hydrogens (tertiary/aromatic N) is 2. The lowest BCUT2D eigenvalue weighted by atomic mass is 10.1. The van der Waals surface area contributed by atoms with Crippen molar-refractivity contribution in [3.8, 4) is 11.5 Å². The number of benzene rings is 2. The predicted molar refractivity (Wildman–Crippen MR) is 116 cm³/mol. The van der Waals surface area contributed by atoms with Crippen molar-refractivity contribution >= 4 is 40.4 Å². The zero-order valence-electron chi connectivity index (χ0n) is 16.4. The van der Waals surface area contributed by atoms with Crippen LogP contribution in [0.15, 0.2) is 53.4 Å². The number of anilines is 1. The van der Waals surface area contributed by atoms with E-state index >= 15 is 0 Å². The van der Waals surface area contributed by atoms with Gasteiger partial charge in [-0.15, -0.1) is 11.3 Å². The Hall–Kier alpha value is -3.10. The van der Waals surface area contributed by atoms with Crippen molar-refractivity contribution in [2.45, 2.75) is 6.61 Å². The molecule has 1 heterocycles. The van der Waals surface area contributed by atoms with Crippen molar-refractivity contribution in [3.63, 3.8) is 0 Å². The average molecular weight is 446 g/mol. The van der Waals surface area contributed by atoms with Crippen molar-refractivity contribution in [1.29, 1.82) is 0 Å². The van der Waals surface area contributed by atoms with Gasteiger partial charge in [-0.05, 0) is 30.3 Å². The number of rotatable bonds is 8. The maximum Gasteiger partial charge on any atom is 0.254 e. The lowest BCUT2D eigenvalue weighted by molar-refractivity contribution is -0.116. The van der Waals surface area contributed by atoms with E-state index in [1.165, 1.54) is 23.3 Å². The molecule has 0 atom stereocenters. The SMILES string of the molecule is COc1cc(C(=O)N(C)CC(=O)Nc2ccccc2Cl)ccc1OCc1cscn1. The molecule has 156 valence electrons. The minimum absolute atomic E-state index is 0.131. The number of carbonyl (C=O) groups excluding carboxylic acids is 2. The lowest BCUT2D eigenvalue weighted by Crippen LogP contribution is -2.35. The van der Waals surface area contributed by atoms with Crippen molar-refractivity contribution in [3.05, 3.63) is 69.6 Å². The smallest absolute Gasteiger partial charge is 0.254 e. The molecule has 1 N–H and O–H groups in total. The van der Waals surface area contributed by atoms with Crippen molar-refractivity contribution in [2.24, 2.45) is 0 Å². The second-order valence-electron chi connectivity index (χ2n) is 6.32. The van der Waals surface area contributed by atoms with Gasteiger partial charge in [-0.3, -0.25) is 9.59 Å². The topological polar surface area (TPSA) is 80.8 Å². The van der Waals surface area contributed by atoms with Gasteiger partial charge in [-0.1, -0.05) is 23.7 Å². The van der Waals surface area contributed by atoms with Gasteiger partial charge in [0, 0.05) is 18.0 Å². The Morgan fingerprint density at radius 3 is 2.70 bits per heavy atom. The van der Waals surface area contributed by atoms with Gasteiger partial charge in [0.05, 0.1) is 35.6 Å². The molecule has 30 heavy (non-hydrogen) atoms. The molecular formula is C21H20ClN3O4S. The molecule has 0 aliphatic rings. The Balaban J connectivity index is 1.63. The van der Waals surface area contributed by atoms with Gasteiger partial charge in [-0.2, -0.15) is 0 Å². The van der Waals surface area contributed by atoms with Crippen LogP contribution in [-0.2, 0) is 11.4 Å². The van der Waals surface area contributed by atoms with Crippen LogP contribution >= 0.6 is 22.9 Å². The van der Waals surface area contributed by atoms with Crippen LogP contribution in [0.1, 0.15) is 16.1 Å². The molecule has 0 saturated carbocycles. The molecule has 0 fully saturated rings. The summed E-state index contributed by atoms with van der Waals surface area (Å²) in [6, 6.07) is 11.8. The fraction of sp³-hybridized carbons (Fsp3) is 0.190. The molecule has 0 unspecified atom stereocenters. The van der Waals surface area contributed by atoms with Crippen LogP contribution in [0.25, 0.3) is 0 Å². The number of carbonyl (C=O) groups is 2. The van der Waals surface area contributed by atoms with E-state index in [4.69, 9.17) is 21.1 Å². The van der Waals surface area contributed by atoms with E-state index < -0.39 is 0 Å². The summed E-state index contributed by atoms with van der Waals surface area (Å²) in [5.41, 5.74) is 3.41. The number of nitrogens with one attached hydrogen (secondary N) is 1. The molecular weight excluding hydrogens is 426 g/mol. The van der Waals surface area contributed by atoms with E-state index in [-0.39, 0.29) is 18.4 Å². The van der Waals surface area contributed by atoms with Crippen LogP contribution in [0, 0.1) is 0 Å². The van der Waals surface area contributed by atoms with Crippen molar-refractivity contribution in [1.82, 2.24) is 9.88 Å². The number of thiazole rings is 1.